The fourth-order valence-corrected chi connectivity index (χ4v) is 2.69. The third-order valence-electron chi connectivity index (χ3n) is 4.06. The first-order valence-corrected chi connectivity index (χ1v) is 6.78. The molecule has 17 heavy (non-hydrogen) atoms. The molecule has 2 rings (SSSR count). The van der Waals surface area contributed by atoms with Gasteiger partial charge in [0.05, 0.1) is 12.2 Å². The standard InChI is InChI=1S/C13H23N3O/c1-2-16-7-5-13(11-14,6-8-16)15-10-12-4-3-9-17-12/h12,15H,2-10H2,1H3. The van der Waals surface area contributed by atoms with Crippen LogP contribution in [0.5, 0.6) is 0 Å². The van der Waals surface area contributed by atoms with Gasteiger partial charge in [0.2, 0.25) is 0 Å². The highest BCUT2D eigenvalue weighted by molar-refractivity contribution is 5.09. The Balaban J connectivity index is 1.81. The van der Waals surface area contributed by atoms with E-state index >= 15 is 0 Å². The zero-order valence-electron chi connectivity index (χ0n) is 10.7. The monoisotopic (exact) mass is 237 g/mol. The molecule has 1 N–H and O–H groups in total. The van der Waals surface area contributed by atoms with Crippen LogP contribution in [-0.2, 0) is 4.74 Å². The van der Waals surface area contributed by atoms with Crippen LogP contribution in [0.3, 0.4) is 0 Å². The molecule has 2 saturated heterocycles. The van der Waals surface area contributed by atoms with Gasteiger partial charge < -0.3 is 9.64 Å². The van der Waals surface area contributed by atoms with Crippen LogP contribution in [0.1, 0.15) is 32.6 Å². The lowest BCUT2D eigenvalue weighted by Gasteiger charge is -2.37. The summed E-state index contributed by atoms with van der Waals surface area (Å²) < 4.78 is 5.59. The van der Waals surface area contributed by atoms with Crippen molar-refractivity contribution in [1.29, 1.82) is 5.26 Å². The Morgan fingerprint density at radius 1 is 1.47 bits per heavy atom. The maximum Gasteiger partial charge on any atom is 0.109 e. The second-order valence-electron chi connectivity index (χ2n) is 5.14. The average molecular weight is 237 g/mol. The summed E-state index contributed by atoms with van der Waals surface area (Å²) >= 11 is 0. The highest BCUT2D eigenvalue weighted by Crippen LogP contribution is 2.22. The molecule has 2 aliphatic heterocycles. The lowest BCUT2D eigenvalue weighted by Crippen LogP contribution is -2.54. The Morgan fingerprint density at radius 3 is 2.76 bits per heavy atom. The van der Waals surface area contributed by atoms with E-state index in [2.05, 4.69) is 23.2 Å². The molecule has 0 spiro atoms. The second-order valence-corrected chi connectivity index (χ2v) is 5.14. The van der Waals surface area contributed by atoms with Crippen molar-refractivity contribution in [3.8, 4) is 6.07 Å². The van der Waals surface area contributed by atoms with Crippen LogP contribution in [-0.4, -0.2) is 49.3 Å². The quantitative estimate of drug-likeness (QED) is 0.796. The number of likely N-dealkylation sites (tertiary alicyclic amines) is 1. The molecule has 0 aromatic heterocycles. The first-order chi connectivity index (χ1) is 8.28. The van der Waals surface area contributed by atoms with Crippen molar-refractivity contribution in [2.24, 2.45) is 0 Å². The lowest BCUT2D eigenvalue weighted by molar-refractivity contribution is 0.0950. The van der Waals surface area contributed by atoms with Crippen molar-refractivity contribution in [2.75, 3.05) is 32.8 Å². The van der Waals surface area contributed by atoms with E-state index in [1.54, 1.807) is 0 Å². The fraction of sp³-hybridized carbons (Fsp3) is 0.923. The highest BCUT2D eigenvalue weighted by Gasteiger charge is 2.34. The number of piperidine rings is 1. The van der Waals surface area contributed by atoms with E-state index in [1.165, 1.54) is 0 Å². The molecule has 1 atom stereocenters. The molecule has 0 saturated carbocycles. The van der Waals surface area contributed by atoms with Crippen molar-refractivity contribution in [3.05, 3.63) is 0 Å². The van der Waals surface area contributed by atoms with Gasteiger partial charge in [-0.25, -0.2) is 0 Å². The molecule has 4 heteroatoms. The summed E-state index contributed by atoms with van der Waals surface area (Å²) in [5.41, 5.74) is -0.308. The van der Waals surface area contributed by atoms with Gasteiger partial charge in [-0.05, 0) is 32.2 Å². The predicted molar refractivity (Wildman–Crippen MR) is 66.7 cm³/mol. The number of rotatable bonds is 4. The zero-order valence-corrected chi connectivity index (χ0v) is 10.7. The minimum absolute atomic E-state index is 0.308. The average Bonchev–Trinajstić information content (AvgIpc) is 2.90. The molecule has 2 fully saturated rings. The first-order valence-electron chi connectivity index (χ1n) is 6.78. The smallest absolute Gasteiger partial charge is 0.109 e. The fourth-order valence-electron chi connectivity index (χ4n) is 2.69. The predicted octanol–water partition coefficient (Wildman–Crippen LogP) is 1.13. The summed E-state index contributed by atoms with van der Waals surface area (Å²) in [5.74, 6) is 0. The summed E-state index contributed by atoms with van der Waals surface area (Å²) in [5, 5.41) is 12.9. The summed E-state index contributed by atoms with van der Waals surface area (Å²) in [4.78, 5) is 2.41. The van der Waals surface area contributed by atoms with E-state index in [-0.39, 0.29) is 5.54 Å². The van der Waals surface area contributed by atoms with Crippen molar-refractivity contribution in [3.63, 3.8) is 0 Å². The van der Waals surface area contributed by atoms with Crippen LogP contribution in [0.2, 0.25) is 0 Å². The highest BCUT2D eigenvalue weighted by atomic mass is 16.5. The van der Waals surface area contributed by atoms with Crippen LogP contribution < -0.4 is 5.32 Å². The Bertz CT molecular complexity index is 273. The number of ether oxygens (including phenoxy) is 1. The Kier molecular flexibility index (Phi) is 4.38. The van der Waals surface area contributed by atoms with Crippen molar-refractivity contribution >= 4 is 0 Å². The summed E-state index contributed by atoms with van der Waals surface area (Å²) in [6, 6.07) is 2.49. The van der Waals surface area contributed by atoms with E-state index in [0.29, 0.717) is 6.10 Å². The van der Waals surface area contributed by atoms with Crippen LogP contribution >= 0.6 is 0 Å². The van der Waals surface area contributed by atoms with Gasteiger partial charge >= 0.3 is 0 Å². The molecule has 96 valence electrons. The normalized spacial score (nSPS) is 29.1. The van der Waals surface area contributed by atoms with Gasteiger partial charge in [0.1, 0.15) is 5.54 Å². The van der Waals surface area contributed by atoms with E-state index in [4.69, 9.17) is 4.74 Å². The number of nitrogens with one attached hydrogen (secondary N) is 1. The van der Waals surface area contributed by atoms with Crippen molar-refractivity contribution < 1.29 is 4.74 Å². The van der Waals surface area contributed by atoms with Gasteiger partial charge in [-0.15, -0.1) is 0 Å². The molecular formula is C13H23N3O. The third-order valence-corrected chi connectivity index (χ3v) is 4.06. The van der Waals surface area contributed by atoms with Crippen LogP contribution in [0.4, 0.5) is 0 Å². The van der Waals surface area contributed by atoms with Gasteiger partial charge in [0.15, 0.2) is 0 Å². The molecule has 0 radical (unpaired) electrons. The Labute approximate surface area is 104 Å². The largest absolute Gasteiger partial charge is 0.377 e. The van der Waals surface area contributed by atoms with Crippen LogP contribution in [0, 0.1) is 11.3 Å². The SMILES string of the molecule is CCN1CCC(C#N)(NCC2CCCO2)CC1. The maximum absolute atomic E-state index is 9.40. The maximum atomic E-state index is 9.40. The number of nitriles is 1. The van der Waals surface area contributed by atoms with Crippen LogP contribution in [0.15, 0.2) is 0 Å². The second kappa shape index (κ2) is 5.81. The molecule has 2 heterocycles. The molecule has 1 unspecified atom stereocenters. The molecular weight excluding hydrogens is 214 g/mol. The molecule has 0 bridgehead atoms. The van der Waals surface area contributed by atoms with E-state index < -0.39 is 0 Å². The molecule has 4 nitrogen and oxygen atoms in total. The third kappa shape index (κ3) is 3.19. The Morgan fingerprint density at radius 2 is 2.24 bits per heavy atom. The van der Waals surface area contributed by atoms with E-state index in [0.717, 1.165) is 58.5 Å². The van der Waals surface area contributed by atoms with Gasteiger partial charge in [0.25, 0.3) is 0 Å². The minimum Gasteiger partial charge on any atom is -0.377 e. The van der Waals surface area contributed by atoms with Crippen molar-refractivity contribution in [2.45, 2.75) is 44.2 Å². The van der Waals surface area contributed by atoms with Gasteiger partial charge in [-0.2, -0.15) is 5.26 Å². The van der Waals surface area contributed by atoms with Gasteiger partial charge in [-0.1, -0.05) is 6.92 Å². The number of nitrogens with zero attached hydrogens (tertiary/aromatic N) is 2. The molecule has 0 amide bonds. The summed E-state index contributed by atoms with van der Waals surface area (Å²) in [7, 11) is 0. The molecule has 0 aromatic rings. The van der Waals surface area contributed by atoms with Gasteiger partial charge in [-0.3, -0.25) is 5.32 Å². The van der Waals surface area contributed by atoms with E-state index in [1.807, 2.05) is 0 Å². The topological polar surface area (TPSA) is 48.3 Å². The first kappa shape index (κ1) is 12.8. The summed E-state index contributed by atoms with van der Waals surface area (Å²) in [6.07, 6.45) is 4.49. The minimum atomic E-state index is -0.308. The van der Waals surface area contributed by atoms with Gasteiger partial charge in [0, 0.05) is 26.2 Å². The zero-order chi connectivity index (χ0) is 12.1. The summed E-state index contributed by atoms with van der Waals surface area (Å²) in [6.45, 7) is 7.05. The lowest BCUT2D eigenvalue weighted by atomic mass is 9.88. The number of hydrogen-bond donors (Lipinski definition) is 1. The molecule has 0 aromatic carbocycles. The van der Waals surface area contributed by atoms with E-state index in [9.17, 15) is 5.26 Å². The van der Waals surface area contributed by atoms with Crippen molar-refractivity contribution in [1.82, 2.24) is 10.2 Å². The molecule has 2 aliphatic rings. The number of hydrogen-bond acceptors (Lipinski definition) is 4. The molecule has 0 aliphatic carbocycles. The van der Waals surface area contributed by atoms with Crippen LogP contribution in [0.25, 0.3) is 0 Å². The Hall–Kier alpha value is -0.630.